The molecule has 0 aliphatic rings. The van der Waals surface area contributed by atoms with Crippen LogP contribution < -0.4 is 5.32 Å². The summed E-state index contributed by atoms with van der Waals surface area (Å²) in [7, 11) is 0. The number of hydrogen-bond acceptors (Lipinski definition) is 3. The molecule has 5 nitrogen and oxygen atoms in total. The van der Waals surface area contributed by atoms with E-state index in [1.807, 2.05) is 75.2 Å². The Kier molecular flexibility index (Phi) is 7.85. The molecule has 2 aromatic rings. The van der Waals surface area contributed by atoms with Gasteiger partial charge in [-0.3, -0.25) is 4.79 Å². The van der Waals surface area contributed by atoms with E-state index in [2.05, 4.69) is 18.3 Å². The quantitative estimate of drug-likeness (QED) is 0.706. The number of thiophene rings is 1. The van der Waals surface area contributed by atoms with Crippen LogP contribution in [0.1, 0.15) is 50.6 Å². The Morgan fingerprint density at radius 2 is 1.72 bits per heavy atom. The molecule has 3 amide bonds. The standard InChI is InChI=1S/C23H33N3O2S/c1-17(2)26(22(28)24-23(4,5)6)16-21(27)25(14-19-10-8-7-9-11-19)15-20-18(3)12-13-29-20/h7-13,17H,14-16H2,1-6H3,(H,24,28). The predicted octanol–water partition coefficient (Wildman–Crippen LogP) is 4.80. The monoisotopic (exact) mass is 415 g/mol. The van der Waals surface area contributed by atoms with Gasteiger partial charge in [-0.15, -0.1) is 11.3 Å². The first-order chi connectivity index (χ1) is 13.6. The summed E-state index contributed by atoms with van der Waals surface area (Å²) in [6.07, 6.45) is 0. The molecule has 29 heavy (non-hydrogen) atoms. The normalized spacial score (nSPS) is 11.4. The number of rotatable bonds is 7. The third kappa shape index (κ3) is 7.20. The molecule has 0 unspecified atom stereocenters. The molecule has 1 aromatic carbocycles. The zero-order chi connectivity index (χ0) is 21.6. The molecule has 0 aliphatic heterocycles. The van der Waals surface area contributed by atoms with Gasteiger partial charge in [0.2, 0.25) is 5.91 Å². The van der Waals surface area contributed by atoms with E-state index in [0.717, 1.165) is 5.56 Å². The van der Waals surface area contributed by atoms with Gasteiger partial charge < -0.3 is 15.1 Å². The molecule has 1 heterocycles. The summed E-state index contributed by atoms with van der Waals surface area (Å²) < 4.78 is 0. The van der Waals surface area contributed by atoms with E-state index in [4.69, 9.17) is 0 Å². The molecule has 1 N–H and O–H groups in total. The van der Waals surface area contributed by atoms with Crippen LogP contribution in [0.3, 0.4) is 0 Å². The summed E-state index contributed by atoms with van der Waals surface area (Å²) in [6, 6.07) is 11.7. The van der Waals surface area contributed by atoms with Gasteiger partial charge in [0, 0.05) is 23.0 Å². The number of benzene rings is 1. The number of nitrogens with one attached hydrogen (secondary N) is 1. The Balaban J connectivity index is 2.20. The highest BCUT2D eigenvalue weighted by Crippen LogP contribution is 2.20. The summed E-state index contributed by atoms with van der Waals surface area (Å²) in [5, 5.41) is 5.02. The zero-order valence-corrected chi connectivity index (χ0v) is 19.2. The van der Waals surface area contributed by atoms with Crippen molar-refractivity contribution < 1.29 is 9.59 Å². The van der Waals surface area contributed by atoms with E-state index in [9.17, 15) is 9.59 Å². The maximum absolute atomic E-state index is 13.3. The number of amides is 3. The van der Waals surface area contributed by atoms with E-state index in [1.165, 1.54) is 10.4 Å². The molecule has 0 fully saturated rings. The van der Waals surface area contributed by atoms with Crippen LogP contribution in [-0.4, -0.2) is 39.9 Å². The van der Waals surface area contributed by atoms with Crippen molar-refractivity contribution in [2.75, 3.05) is 6.54 Å². The number of nitrogens with zero attached hydrogens (tertiary/aromatic N) is 2. The number of carbonyl (C=O) groups excluding carboxylic acids is 2. The zero-order valence-electron chi connectivity index (χ0n) is 18.4. The Morgan fingerprint density at radius 3 is 2.24 bits per heavy atom. The van der Waals surface area contributed by atoms with Crippen LogP contribution in [0, 0.1) is 6.92 Å². The van der Waals surface area contributed by atoms with Gasteiger partial charge in [0.1, 0.15) is 6.54 Å². The number of urea groups is 1. The average molecular weight is 416 g/mol. The minimum atomic E-state index is -0.356. The van der Waals surface area contributed by atoms with Crippen LogP contribution in [0.5, 0.6) is 0 Å². The van der Waals surface area contributed by atoms with Crippen molar-refractivity contribution in [3.8, 4) is 0 Å². The molecule has 6 heteroatoms. The minimum Gasteiger partial charge on any atom is -0.333 e. The lowest BCUT2D eigenvalue weighted by Crippen LogP contribution is -2.53. The summed E-state index contributed by atoms with van der Waals surface area (Å²) in [5.41, 5.74) is 1.91. The van der Waals surface area contributed by atoms with Gasteiger partial charge in [0.05, 0.1) is 6.54 Å². The highest BCUT2D eigenvalue weighted by molar-refractivity contribution is 7.10. The smallest absolute Gasteiger partial charge is 0.318 e. The second kappa shape index (κ2) is 9.92. The van der Waals surface area contributed by atoms with E-state index >= 15 is 0 Å². The topological polar surface area (TPSA) is 52.7 Å². The molecule has 1 aromatic heterocycles. The van der Waals surface area contributed by atoms with E-state index in [-0.39, 0.29) is 30.1 Å². The molecule has 0 saturated heterocycles. The first-order valence-corrected chi connectivity index (χ1v) is 10.9. The van der Waals surface area contributed by atoms with Crippen molar-refractivity contribution in [2.24, 2.45) is 0 Å². The second-order valence-corrected chi connectivity index (χ2v) is 9.66. The molecule has 0 atom stereocenters. The maximum atomic E-state index is 13.3. The first kappa shape index (κ1) is 22.9. The summed E-state index contributed by atoms with van der Waals surface area (Å²) >= 11 is 1.66. The van der Waals surface area contributed by atoms with Crippen molar-refractivity contribution in [1.29, 1.82) is 0 Å². The lowest BCUT2D eigenvalue weighted by atomic mass is 10.1. The van der Waals surface area contributed by atoms with E-state index in [0.29, 0.717) is 13.1 Å². The summed E-state index contributed by atoms with van der Waals surface area (Å²) in [5.74, 6) is -0.0561. The van der Waals surface area contributed by atoms with E-state index in [1.54, 1.807) is 16.2 Å². The molecule has 0 saturated carbocycles. The van der Waals surface area contributed by atoms with E-state index < -0.39 is 0 Å². The third-order valence-electron chi connectivity index (χ3n) is 4.54. The van der Waals surface area contributed by atoms with Gasteiger partial charge in [0.25, 0.3) is 0 Å². The summed E-state index contributed by atoms with van der Waals surface area (Å²) in [4.78, 5) is 30.6. The number of hydrogen-bond donors (Lipinski definition) is 1. The van der Waals surface area contributed by atoms with Crippen molar-refractivity contribution in [2.45, 2.75) is 66.2 Å². The second-order valence-electron chi connectivity index (χ2n) is 8.66. The van der Waals surface area contributed by atoms with Crippen molar-refractivity contribution in [3.63, 3.8) is 0 Å². The van der Waals surface area contributed by atoms with Gasteiger partial charge in [-0.2, -0.15) is 0 Å². The summed E-state index contributed by atoms with van der Waals surface area (Å²) in [6.45, 7) is 12.9. The SMILES string of the molecule is Cc1ccsc1CN(Cc1ccccc1)C(=O)CN(C(=O)NC(C)(C)C)C(C)C. The van der Waals surface area contributed by atoms with Crippen LogP contribution in [-0.2, 0) is 17.9 Å². The van der Waals surface area contributed by atoms with Crippen LogP contribution in [0.2, 0.25) is 0 Å². The molecular formula is C23H33N3O2S. The Morgan fingerprint density at radius 1 is 1.07 bits per heavy atom. The average Bonchev–Trinajstić information content (AvgIpc) is 3.02. The number of aryl methyl sites for hydroxylation is 1. The van der Waals surface area contributed by atoms with Gasteiger partial charge in [-0.1, -0.05) is 30.3 Å². The van der Waals surface area contributed by atoms with Crippen molar-refractivity contribution in [3.05, 3.63) is 57.8 Å². The minimum absolute atomic E-state index is 0.0524. The fourth-order valence-corrected chi connectivity index (χ4v) is 3.82. The van der Waals surface area contributed by atoms with Crippen LogP contribution >= 0.6 is 11.3 Å². The first-order valence-electron chi connectivity index (χ1n) is 10.0. The van der Waals surface area contributed by atoms with Crippen LogP contribution in [0.15, 0.2) is 41.8 Å². The molecule has 0 radical (unpaired) electrons. The molecule has 0 spiro atoms. The highest BCUT2D eigenvalue weighted by Gasteiger charge is 2.26. The Labute approximate surface area is 178 Å². The predicted molar refractivity (Wildman–Crippen MR) is 120 cm³/mol. The molecule has 0 aliphatic carbocycles. The van der Waals surface area contributed by atoms with Crippen LogP contribution in [0.4, 0.5) is 4.79 Å². The number of carbonyl (C=O) groups is 2. The maximum Gasteiger partial charge on any atom is 0.318 e. The van der Waals surface area contributed by atoms with Gasteiger partial charge in [-0.05, 0) is 64.1 Å². The molecule has 0 bridgehead atoms. The largest absolute Gasteiger partial charge is 0.333 e. The van der Waals surface area contributed by atoms with Gasteiger partial charge in [-0.25, -0.2) is 4.79 Å². The fourth-order valence-electron chi connectivity index (χ4n) is 2.90. The molecule has 2 rings (SSSR count). The van der Waals surface area contributed by atoms with Gasteiger partial charge >= 0.3 is 6.03 Å². The fraction of sp³-hybridized carbons (Fsp3) is 0.478. The molecular weight excluding hydrogens is 382 g/mol. The van der Waals surface area contributed by atoms with Crippen LogP contribution in [0.25, 0.3) is 0 Å². The van der Waals surface area contributed by atoms with Crippen molar-refractivity contribution in [1.82, 2.24) is 15.1 Å². The molecule has 158 valence electrons. The van der Waals surface area contributed by atoms with Crippen molar-refractivity contribution >= 4 is 23.3 Å². The Bertz CT molecular complexity index is 809. The van der Waals surface area contributed by atoms with Gasteiger partial charge in [0.15, 0.2) is 0 Å². The third-order valence-corrected chi connectivity index (χ3v) is 5.55. The highest BCUT2D eigenvalue weighted by atomic mass is 32.1. The Hall–Kier alpha value is -2.34. The lowest BCUT2D eigenvalue weighted by molar-refractivity contribution is -0.133. The lowest BCUT2D eigenvalue weighted by Gasteiger charge is -2.32.